The monoisotopic (exact) mass is 296 g/mol. The molecular weight excluding hydrogens is 278 g/mol. The topological polar surface area (TPSA) is 49.4 Å². The van der Waals surface area contributed by atoms with E-state index in [2.05, 4.69) is 5.32 Å². The van der Waals surface area contributed by atoms with E-state index < -0.39 is 35.9 Å². The molecule has 1 aliphatic rings. The molecule has 1 atom stereocenters. The van der Waals surface area contributed by atoms with Gasteiger partial charge in [-0.05, 0) is 20.8 Å². The Balaban J connectivity index is 2.31. The van der Waals surface area contributed by atoms with Crippen LogP contribution in [0.3, 0.4) is 0 Å². The normalized spacial score (nSPS) is 22.1. The molecule has 114 valence electrons. The molecule has 0 spiro atoms. The van der Waals surface area contributed by atoms with Crippen LogP contribution in [0.5, 0.6) is 0 Å². The van der Waals surface area contributed by atoms with Gasteiger partial charge in [-0.15, -0.1) is 0 Å². The second-order valence-corrected chi connectivity index (χ2v) is 5.75. The highest BCUT2D eigenvalue weighted by Gasteiger charge is 2.49. The van der Waals surface area contributed by atoms with Gasteiger partial charge in [-0.25, -0.2) is 0 Å². The maximum Gasteiger partial charge on any atom is 0.290 e. The largest absolute Gasteiger partial charge is 0.343 e. The molecule has 1 saturated heterocycles. The van der Waals surface area contributed by atoms with E-state index in [4.69, 9.17) is 0 Å². The summed E-state index contributed by atoms with van der Waals surface area (Å²) in [5, 5.41) is 2.50. The third kappa shape index (κ3) is 2.75. The summed E-state index contributed by atoms with van der Waals surface area (Å²) in [5.41, 5.74) is -1.48. The minimum absolute atomic E-state index is 0.174. The summed E-state index contributed by atoms with van der Waals surface area (Å²) >= 11 is 0. The summed E-state index contributed by atoms with van der Waals surface area (Å²) in [7, 11) is 0. The Kier molecular flexibility index (Phi) is 3.74. The minimum atomic E-state index is -3.22. The van der Waals surface area contributed by atoms with Crippen molar-refractivity contribution in [3.63, 3.8) is 0 Å². The van der Waals surface area contributed by atoms with Gasteiger partial charge in [-0.1, -0.05) is 30.3 Å². The van der Waals surface area contributed by atoms with Crippen LogP contribution >= 0.6 is 0 Å². The van der Waals surface area contributed by atoms with E-state index in [-0.39, 0.29) is 5.56 Å². The first-order valence-electron chi connectivity index (χ1n) is 6.72. The zero-order valence-electron chi connectivity index (χ0n) is 12.2. The first-order valence-corrected chi connectivity index (χ1v) is 6.72. The van der Waals surface area contributed by atoms with Crippen LogP contribution in [0.4, 0.5) is 8.78 Å². The molecule has 2 amide bonds. The fourth-order valence-corrected chi connectivity index (χ4v) is 2.31. The lowest BCUT2D eigenvalue weighted by Gasteiger charge is -2.44. The van der Waals surface area contributed by atoms with Crippen molar-refractivity contribution in [3.8, 4) is 0 Å². The Hall–Kier alpha value is -1.98. The quantitative estimate of drug-likeness (QED) is 0.926. The van der Waals surface area contributed by atoms with Crippen molar-refractivity contribution < 1.29 is 18.4 Å². The van der Waals surface area contributed by atoms with Crippen molar-refractivity contribution in [3.05, 3.63) is 35.9 Å². The van der Waals surface area contributed by atoms with E-state index in [1.165, 1.54) is 45.0 Å². The van der Waals surface area contributed by atoms with Crippen LogP contribution in [0.15, 0.2) is 30.3 Å². The van der Waals surface area contributed by atoms with Gasteiger partial charge in [0, 0.05) is 5.56 Å². The molecule has 1 aromatic carbocycles. The number of hydrogen-bond acceptors (Lipinski definition) is 2. The maximum absolute atomic E-state index is 14.4. The fourth-order valence-electron chi connectivity index (χ4n) is 2.31. The van der Waals surface area contributed by atoms with E-state index in [1.54, 1.807) is 6.07 Å². The number of amides is 2. The Bertz CT molecular complexity index is 558. The average Bonchev–Trinajstić information content (AvgIpc) is 2.43. The Morgan fingerprint density at radius 3 is 2.38 bits per heavy atom. The molecule has 0 aliphatic carbocycles. The molecular formula is C15H18F2N2O2. The number of rotatable bonds is 3. The average molecular weight is 296 g/mol. The van der Waals surface area contributed by atoms with Gasteiger partial charge >= 0.3 is 0 Å². The number of carbonyl (C=O) groups is 2. The van der Waals surface area contributed by atoms with Crippen molar-refractivity contribution in [2.24, 2.45) is 0 Å². The van der Waals surface area contributed by atoms with E-state index in [9.17, 15) is 18.4 Å². The second kappa shape index (κ2) is 5.09. The summed E-state index contributed by atoms with van der Waals surface area (Å²) in [6, 6.07) is 6.50. The van der Waals surface area contributed by atoms with Gasteiger partial charge in [0.25, 0.3) is 5.92 Å². The number of piperazine rings is 1. The lowest BCUT2D eigenvalue weighted by Crippen LogP contribution is -2.68. The maximum atomic E-state index is 14.4. The van der Waals surface area contributed by atoms with Gasteiger partial charge in [-0.2, -0.15) is 8.78 Å². The van der Waals surface area contributed by atoms with E-state index in [0.717, 1.165) is 4.90 Å². The van der Waals surface area contributed by atoms with Crippen LogP contribution in [0.1, 0.15) is 26.3 Å². The Morgan fingerprint density at radius 1 is 1.24 bits per heavy atom. The standard InChI is InChI=1S/C15H18F2N2O2/c1-10-12(20)19(14(2,3)13(21)18-10)9-15(16,17)11-7-5-4-6-8-11/h4-8,10H,9H2,1-3H3,(H,18,21). The van der Waals surface area contributed by atoms with Gasteiger partial charge in [0.2, 0.25) is 11.8 Å². The van der Waals surface area contributed by atoms with Crippen LogP contribution in [0, 0.1) is 0 Å². The molecule has 21 heavy (non-hydrogen) atoms. The number of nitrogens with zero attached hydrogens (tertiary/aromatic N) is 1. The molecule has 0 bridgehead atoms. The minimum Gasteiger partial charge on any atom is -0.343 e. The molecule has 1 unspecified atom stereocenters. The highest BCUT2D eigenvalue weighted by atomic mass is 19.3. The Labute approximate surface area is 122 Å². The van der Waals surface area contributed by atoms with Crippen LogP contribution in [0.2, 0.25) is 0 Å². The smallest absolute Gasteiger partial charge is 0.290 e. The highest BCUT2D eigenvalue weighted by Crippen LogP contribution is 2.32. The number of halogens is 2. The predicted octanol–water partition coefficient (Wildman–Crippen LogP) is 1.90. The zero-order chi connectivity index (χ0) is 15.8. The van der Waals surface area contributed by atoms with Gasteiger partial charge in [0.1, 0.15) is 11.6 Å². The number of benzene rings is 1. The lowest BCUT2D eigenvalue weighted by molar-refractivity contribution is -0.162. The summed E-state index contributed by atoms with van der Waals surface area (Å²) in [5.74, 6) is -4.15. The van der Waals surface area contributed by atoms with E-state index in [1.807, 2.05) is 0 Å². The van der Waals surface area contributed by atoms with Gasteiger partial charge in [0.15, 0.2) is 0 Å². The zero-order valence-corrected chi connectivity index (χ0v) is 12.2. The molecule has 0 radical (unpaired) electrons. The highest BCUT2D eigenvalue weighted by molar-refractivity contribution is 5.99. The predicted molar refractivity (Wildman–Crippen MR) is 73.7 cm³/mol. The molecule has 1 N–H and O–H groups in total. The van der Waals surface area contributed by atoms with Crippen LogP contribution < -0.4 is 5.32 Å². The Morgan fingerprint density at radius 2 is 1.81 bits per heavy atom. The van der Waals surface area contributed by atoms with Gasteiger partial charge in [-0.3, -0.25) is 9.59 Å². The summed E-state index contributed by atoms with van der Waals surface area (Å²) in [6.07, 6.45) is 0. The summed E-state index contributed by atoms with van der Waals surface area (Å²) < 4.78 is 28.8. The van der Waals surface area contributed by atoms with Gasteiger partial charge < -0.3 is 10.2 Å². The number of hydrogen-bond donors (Lipinski definition) is 1. The molecule has 0 saturated carbocycles. The third-order valence-electron chi connectivity index (χ3n) is 3.77. The molecule has 1 aliphatic heterocycles. The van der Waals surface area contributed by atoms with Crippen LogP contribution in [0.25, 0.3) is 0 Å². The van der Waals surface area contributed by atoms with Crippen molar-refractivity contribution in [1.82, 2.24) is 10.2 Å². The van der Waals surface area contributed by atoms with Crippen molar-refractivity contribution in [2.75, 3.05) is 6.54 Å². The molecule has 4 nitrogen and oxygen atoms in total. The van der Waals surface area contributed by atoms with Crippen LogP contribution in [-0.4, -0.2) is 34.8 Å². The van der Waals surface area contributed by atoms with Crippen molar-refractivity contribution >= 4 is 11.8 Å². The summed E-state index contributed by atoms with van der Waals surface area (Å²) in [6.45, 7) is 3.60. The van der Waals surface area contributed by atoms with E-state index in [0.29, 0.717) is 0 Å². The number of nitrogens with one attached hydrogen (secondary N) is 1. The fraction of sp³-hybridized carbons (Fsp3) is 0.467. The molecule has 2 rings (SSSR count). The van der Waals surface area contributed by atoms with Crippen LogP contribution in [-0.2, 0) is 15.5 Å². The first-order chi connectivity index (χ1) is 9.66. The van der Waals surface area contributed by atoms with Gasteiger partial charge in [0.05, 0.1) is 6.54 Å². The molecule has 1 heterocycles. The second-order valence-electron chi connectivity index (χ2n) is 5.75. The molecule has 1 aromatic rings. The van der Waals surface area contributed by atoms with Crippen molar-refractivity contribution in [1.29, 1.82) is 0 Å². The first kappa shape index (κ1) is 15.4. The number of carbonyl (C=O) groups excluding carboxylic acids is 2. The molecule has 1 fully saturated rings. The summed E-state index contributed by atoms with van der Waals surface area (Å²) in [4.78, 5) is 25.1. The third-order valence-corrected chi connectivity index (χ3v) is 3.77. The van der Waals surface area contributed by atoms with Crippen molar-refractivity contribution in [2.45, 2.75) is 38.3 Å². The molecule has 6 heteroatoms. The SMILES string of the molecule is CC1NC(=O)C(C)(C)N(CC(F)(F)c2ccccc2)C1=O. The van der Waals surface area contributed by atoms with E-state index >= 15 is 0 Å². The number of alkyl halides is 2. The lowest BCUT2D eigenvalue weighted by atomic mass is 9.94. The molecule has 0 aromatic heterocycles.